The lowest BCUT2D eigenvalue weighted by Crippen LogP contribution is -2.24. The van der Waals surface area contributed by atoms with Gasteiger partial charge in [0.1, 0.15) is 5.75 Å². The summed E-state index contributed by atoms with van der Waals surface area (Å²) >= 11 is 0. The van der Waals surface area contributed by atoms with Crippen molar-refractivity contribution in [2.24, 2.45) is 5.73 Å². The molecular formula is C13H20ClNO. The van der Waals surface area contributed by atoms with Gasteiger partial charge in [-0.3, -0.25) is 0 Å². The van der Waals surface area contributed by atoms with Crippen LogP contribution in [0, 0.1) is 0 Å². The van der Waals surface area contributed by atoms with E-state index in [4.69, 9.17) is 10.5 Å². The Balaban J connectivity index is 0.00000128. The first-order valence-corrected chi connectivity index (χ1v) is 5.52. The van der Waals surface area contributed by atoms with Gasteiger partial charge in [0, 0.05) is 18.0 Å². The highest BCUT2D eigenvalue weighted by molar-refractivity contribution is 5.85. The average Bonchev–Trinajstić information content (AvgIpc) is 2.16. The predicted molar refractivity (Wildman–Crippen MR) is 69.4 cm³/mol. The molecule has 1 aliphatic heterocycles. The first-order chi connectivity index (χ1) is 7.00. The molecule has 0 bridgehead atoms. The molecule has 16 heavy (non-hydrogen) atoms. The normalized spacial score (nSPS) is 19.4. The molecule has 2 rings (SSSR count). The van der Waals surface area contributed by atoms with Gasteiger partial charge in [0.25, 0.3) is 0 Å². The van der Waals surface area contributed by atoms with Crippen LogP contribution in [0.1, 0.15) is 44.4 Å². The number of ether oxygens (including phenoxy) is 1. The molecule has 0 aliphatic carbocycles. The van der Waals surface area contributed by atoms with Crippen molar-refractivity contribution in [3.63, 3.8) is 0 Å². The number of benzene rings is 1. The Morgan fingerprint density at radius 2 is 2.00 bits per heavy atom. The molecule has 0 unspecified atom stereocenters. The van der Waals surface area contributed by atoms with Crippen LogP contribution >= 0.6 is 12.4 Å². The van der Waals surface area contributed by atoms with Gasteiger partial charge in [-0.25, -0.2) is 0 Å². The van der Waals surface area contributed by atoms with E-state index >= 15 is 0 Å². The van der Waals surface area contributed by atoms with Crippen LogP contribution in [0.5, 0.6) is 5.75 Å². The molecule has 0 amide bonds. The molecular weight excluding hydrogens is 222 g/mol. The number of para-hydroxylation sites is 1. The minimum absolute atomic E-state index is 0. The van der Waals surface area contributed by atoms with E-state index in [0.717, 1.165) is 24.3 Å². The first kappa shape index (κ1) is 13.3. The summed E-state index contributed by atoms with van der Waals surface area (Å²) in [6, 6.07) is 6.43. The second kappa shape index (κ2) is 4.64. The number of hydrogen-bond acceptors (Lipinski definition) is 2. The lowest BCUT2D eigenvalue weighted by atomic mass is 9.83. The van der Waals surface area contributed by atoms with E-state index in [9.17, 15) is 0 Å². The summed E-state index contributed by atoms with van der Waals surface area (Å²) in [4.78, 5) is 0. The molecule has 1 atom stereocenters. The topological polar surface area (TPSA) is 35.2 Å². The van der Waals surface area contributed by atoms with Gasteiger partial charge in [0.2, 0.25) is 0 Å². The van der Waals surface area contributed by atoms with Crippen molar-refractivity contribution in [2.75, 3.05) is 6.61 Å². The molecule has 0 fully saturated rings. The largest absolute Gasteiger partial charge is 0.493 e. The summed E-state index contributed by atoms with van der Waals surface area (Å²) in [5.74, 6) is 1.02. The molecule has 3 heteroatoms. The average molecular weight is 242 g/mol. The quantitative estimate of drug-likeness (QED) is 0.757. The Bertz CT molecular complexity index is 371. The number of hydrogen-bond donors (Lipinski definition) is 1. The van der Waals surface area contributed by atoms with E-state index in [1.54, 1.807) is 0 Å². The van der Waals surface area contributed by atoms with Crippen molar-refractivity contribution >= 4 is 12.4 Å². The molecule has 0 aromatic heterocycles. The van der Waals surface area contributed by atoms with Crippen molar-refractivity contribution < 1.29 is 4.74 Å². The fraction of sp³-hybridized carbons (Fsp3) is 0.538. The maximum atomic E-state index is 6.08. The molecule has 1 aromatic rings. The first-order valence-electron chi connectivity index (χ1n) is 5.52. The maximum absolute atomic E-state index is 6.08. The summed E-state index contributed by atoms with van der Waals surface area (Å²) in [7, 11) is 0. The predicted octanol–water partition coefficient (Wildman–Crippen LogP) is 3.19. The van der Waals surface area contributed by atoms with Gasteiger partial charge in [-0.05, 0) is 11.0 Å². The number of rotatable bonds is 0. The van der Waals surface area contributed by atoms with Crippen molar-refractivity contribution in [1.29, 1.82) is 0 Å². The molecule has 1 heterocycles. The molecule has 0 radical (unpaired) electrons. The highest BCUT2D eigenvalue weighted by Crippen LogP contribution is 2.39. The van der Waals surface area contributed by atoms with E-state index in [1.165, 1.54) is 5.56 Å². The summed E-state index contributed by atoms with van der Waals surface area (Å²) < 4.78 is 5.77. The Morgan fingerprint density at radius 3 is 2.62 bits per heavy atom. The fourth-order valence-corrected chi connectivity index (χ4v) is 2.04. The monoisotopic (exact) mass is 241 g/mol. The smallest absolute Gasteiger partial charge is 0.127 e. The summed E-state index contributed by atoms with van der Waals surface area (Å²) in [5, 5.41) is 0. The Hall–Kier alpha value is -0.730. The lowest BCUT2D eigenvalue weighted by molar-refractivity contribution is 0.262. The van der Waals surface area contributed by atoms with E-state index in [1.807, 2.05) is 0 Å². The molecule has 90 valence electrons. The van der Waals surface area contributed by atoms with E-state index < -0.39 is 0 Å². The van der Waals surface area contributed by atoms with Crippen LogP contribution in [-0.2, 0) is 5.41 Å². The highest BCUT2D eigenvalue weighted by Gasteiger charge is 2.25. The third-order valence-electron chi connectivity index (χ3n) is 2.93. The Kier molecular flexibility index (Phi) is 3.87. The van der Waals surface area contributed by atoms with Gasteiger partial charge >= 0.3 is 0 Å². The molecule has 1 aromatic carbocycles. The zero-order valence-electron chi connectivity index (χ0n) is 10.1. The van der Waals surface area contributed by atoms with Crippen LogP contribution in [-0.4, -0.2) is 6.61 Å². The second-order valence-electron chi connectivity index (χ2n) is 5.22. The van der Waals surface area contributed by atoms with Crippen LogP contribution in [0.4, 0.5) is 0 Å². The summed E-state index contributed by atoms with van der Waals surface area (Å²) in [6.45, 7) is 7.34. The van der Waals surface area contributed by atoms with Crippen molar-refractivity contribution in [1.82, 2.24) is 0 Å². The molecule has 0 saturated carbocycles. The van der Waals surface area contributed by atoms with Gasteiger partial charge in [-0.1, -0.05) is 39.0 Å². The number of halogens is 1. The third kappa shape index (κ3) is 2.33. The van der Waals surface area contributed by atoms with E-state index in [-0.39, 0.29) is 23.9 Å². The zero-order chi connectivity index (χ0) is 11.1. The third-order valence-corrected chi connectivity index (χ3v) is 2.93. The fourth-order valence-electron chi connectivity index (χ4n) is 2.04. The van der Waals surface area contributed by atoms with Gasteiger partial charge in [0.15, 0.2) is 0 Å². The molecule has 1 aliphatic rings. The Morgan fingerprint density at radius 1 is 1.31 bits per heavy atom. The maximum Gasteiger partial charge on any atom is 0.127 e. The molecule has 2 N–H and O–H groups in total. The van der Waals surface area contributed by atoms with Crippen LogP contribution in [0.2, 0.25) is 0 Å². The SMILES string of the molecule is CC(C)(C)c1cccc2c1OCC[C@@H]2N.Cl. The van der Waals surface area contributed by atoms with Crippen molar-refractivity contribution in [3.05, 3.63) is 29.3 Å². The minimum Gasteiger partial charge on any atom is -0.493 e. The standard InChI is InChI=1S/C13H19NO.ClH/c1-13(2,3)10-6-4-5-9-11(14)7-8-15-12(9)10;/h4-6,11H,7-8,14H2,1-3H3;1H/t11-;/m0./s1. The molecule has 0 saturated heterocycles. The van der Waals surface area contributed by atoms with E-state index in [0.29, 0.717) is 0 Å². The van der Waals surface area contributed by atoms with Gasteiger partial charge in [-0.15, -0.1) is 12.4 Å². The van der Waals surface area contributed by atoms with Crippen molar-refractivity contribution in [3.8, 4) is 5.75 Å². The highest BCUT2D eigenvalue weighted by atomic mass is 35.5. The zero-order valence-corrected chi connectivity index (χ0v) is 10.9. The second-order valence-corrected chi connectivity index (χ2v) is 5.22. The van der Waals surface area contributed by atoms with Crippen LogP contribution in [0.15, 0.2) is 18.2 Å². The minimum atomic E-state index is 0. The van der Waals surface area contributed by atoms with Crippen LogP contribution < -0.4 is 10.5 Å². The lowest BCUT2D eigenvalue weighted by Gasteiger charge is -2.29. The van der Waals surface area contributed by atoms with E-state index in [2.05, 4.69) is 39.0 Å². The van der Waals surface area contributed by atoms with Crippen molar-refractivity contribution in [2.45, 2.75) is 38.6 Å². The number of nitrogens with two attached hydrogens (primary N) is 1. The summed E-state index contributed by atoms with van der Waals surface area (Å²) in [6.07, 6.45) is 0.917. The van der Waals surface area contributed by atoms with Gasteiger partial charge < -0.3 is 10.5 Å². The summed E-state index contributed by atoms with van der Waals surface area (Å²) in [5.41, 5.74) is 8.61. The van der Waals surface area contributed by atoms with Crippen LogP contribution in [0.3, 0.4) is 0 Å². The van der Waals surface area contributed by atoms with Gasteiger partial charge in [0.05, 0.1) is 6.61 Å². The molecule has 2 nitrogen and oxygen atoms in total. The molecule has 0 spiro atoms. The Labute approximate surface area is 104 Å². The number of fused-ring (bicyclic) bond motifs is 1. The van der Waals surface area contributed by atoms with Crippen LogP contribution in [0.25, 0.3) is 0 Å². The van der Waals surface area contributed by atoms with Gasteiger partial charge in [-0.2, -0.15) is 0 Å².